The molecule has 0 saturated carbocycles. The molecule has 2 aliphatic heterocycles. The van der Waals surface area contributed by atoms with Gasteiger partial charge in [-0.1, -0.05) is 48.2 Å². The normalized spacial score (nSPS) is 20.9. The summed E-state index contributed by atoms with van der Waals surface area (Å²) in [5.41, 5.74) is 6.82. The lowest BCUT2D eigenvalue weighted by Gasteiger charge is -2.32. The average molecular weight is 426 g/mol. The lowest BCUT2D eigenvalue weighted by Crippen LogP contribution is -2.32. The Labute approximate surface area is 173 Å². The van der Waals surface area contributed by atoms with Gasteiger partial charge in [0.25, 0.3) is 10.0 Å². The molecule has 3 N–H and O–H groups in total. The molecule has 3 aromatic carbocycles. The molecule has 0 aliphatic carbocycles. The Balaban J connectivity index is 1.55. The minimum Gasteiger partial charge on any atom is -0.493 e. The number of anilines is 1. The maximum atomic E-state index is 13.2. The third kappa shape index (κ3) is 3.12. The maximum absolute atomic E-state index is 13.2. The molecule has 2 heterocycles. The van der Waals surface area contributed by atoms with Gasteiger partial charge >= 0.3 is 0 Å². The Kier molecular flexibility index (Phi) is 4.22. The van der Waals surface area contributed by atoms with Crippen LogP contribution in [0.2, 0.25) is 0 Å². The molecule has 1 unspecified atom stereocenters. The standard InChI is InChI=1S/C21H19N3O3S2/c22-20-23-21(13-28-20)10-11-27-18-9-8-15(12-17(18)21)24-29(25,26)19-7-3-5-14-4-1-2-6-16(14)19/h1-9,12,24H,10-11,13H2,(H2,22,23). The van der Waals surface area contributed by atoms with Gasteiger partial charge in [0.05, 0.1) is 11.5 Å². The molecule has 0 aromatic heterocycles. The SMILES string of the molecule is NC1=NC2(CCOc3ccc(NS(=O)(=O)c4cccc5ccccc45)cc32)CS1. The van der Waals surface area contributed by atoms with Gasteiger partial charge in [-0.3, -0.25) is 9.71 Å². The fourth-order valence-electron chi connectivity index (χ4n) is 3.92. The minimum atomic E-state index is -3.77. The molecule has 0 amide bonds. The van der Waals surface area contributed by atoms with Crippen LogP contribution in [0.25, 0.3) is 10.8 Å². The van der Waals surface area contributed by atoms with Crippen LogP contribution >= 0.6 is 11.8 Å². The van der Waals surface area contributed by atoms with Gasteiger partial charge in [0.15, 0.2) is 5.17 Å². The monoisotopic (exact) mass is 425 g/mol. The Bertz CT molecular complexity index is 1250. The first-order valence-electron chi connectivity index (χ1n) is 9.23. The van der Waals surface area contributed by atoms with Crippen molar-refractivity contribution in [1.82, 2.24) is 0 Å². The van der Waals surface area contributed by atoms with Crippen LogP contribution in [-0.4, -0.2) is 25.9 Å². The molecule has 8 heteroatoms. The zero-order chi connectivity index (χ0) is 20.1. The van der Waals surface area contributed by atoms with Gasteiger partial charge in [0.1, 0.15) is 11.3 Å². The van der Waals surface area contributed by atoms with Gasteiger partial charge in [-0.2, -0.15) is 0 Å². The predicted octanol–water partition coefficient (Wildman–Crippen LogP) is 3.68. The van der Waals surface area contributed by atoms with Crippen LogP contribution in [-0.2, 0) is 15.6 Å². The number of nitrogens with zero attached hydrogens (tertiary/aromatic N) is 1. The number of hydrogen-bond acceptors (Lipinski definition) is 6. The third-order valence-electron chi connectivity index (χ3n) is 5.33. The summed E-state index contributed by atoms with van der Waals surface area (Å²) in [7, 11) is -3.77. The van der Waals surface area contributed by atoms with E-state index in [-0.39, 0.29) is 4.90 Å². The van der Waals surface area contributed by atoms with E-state index in [0.717, 1.165) is 22.5 Å². The number of fused-ring (bicyclic) bond motifs is 3. The molecule has 6 nitrogen and oxygen atoms in total. The number of thioether (sulfide) groups is 1. The van der Waals surface area contributed by atoms with E-state index in [2.05, 4.69) is 9.71 Å². The molecule has 5 rings (SSSR count). The number of rotatable bonds is 3. The number of nitrogens with two attached hydrogens (primary N) is 1. The third-order valence-corrected chi connectivity index (χ3v) is 7.78. The van der Waals surface area contributed by atoms with E-state index in [1.54, 1.807) is 24.3 Å². The number of hydrogen-bond donors (Lipinski definition) is 2. The summed E-state index contributed by atoms with van der Waals surface area (Å²) in [6.07, 6.45) is 0.716. The molecular formula is C21H19N3O3S2. The van der Waals surface area contributed by atoms with E-state index in [9.17, 15) is 8.42 Å². The van der Waals surface area contributed by atoms with Crippen LogP contribution in [0.5, 0.6) is 5.75 Å². The molecule has 0 bridgehead atoms. The maximum Gasteiger partial charge on any atom is 0.262 e. The lowest BCUT2D eigenvalue weighted by atomic mass is 9.86. The van der Waals surface area contributed by atoms with Gasteiger partial charge in [0.2, 0.25) is 0 Å². The number of nitrogens with one attached hydrogen (secondary N) is 1. The molecule has 2 aliphatic rings. The minimum absolute atomic E-state index is 0.248. The summed E-state index contributed by atoms with van der Waals surface area (Å²) in [6, 6.07) is 18.0. The second kappa shape index (κ2) is 6.67. The highest BCUT2D eigenvalue weighted by Crippen LogP contribution is 2.46. The van der Waals surface area contributed by atoms with Crippen LogP contribution in [0.15, 0.2) is 70.6 Å². The number of aliphatic imine (C=N–C) groups is 1. The number of sulfonamides is 1. The largest absolute Gasteiger partial charge is 0.493 e. The van der Waals surface area contributed by atoms with Crippen LogP contribution < -0.4 is 15.2 Å². The molecule has 3 aromatic rings. The highest BCUT2D eigenvalue weighted by Gasteiger charge is 2.41. The van der Waals surface area contributed by atoms with Crippen molar-refractivity contribution in [3.63, 3.8) is 0 Å². The highest BCUT2D eigenvalue weighted by molar-refractivity contribution is 8.14. The van der Waals surface area contributed by atoms with Crippen LogP contribution in [0.4, 0.5) is 5.69 Å². The smallest absolute Gasteiger partial charge is 0.262 e. The van der Waals surface area contributed by atoms with Crippen molar-refractivity contribution >= 4 is 43.4 Å². The second-order valence-electron chi connectivity index (χ2n) is 7.16. The summed E-state index contributed by atoms with van der Waals surface area (Å²) in [6.45, 7) is 0.561. The zero-order valence-electron chi connectivity index (χ0n) is 15.5. The number of benzene rings is 3. The molecule has 29 heavy (non-hydrogen) atoms. The van der Waals surface area contributed by atoms with Gasteiger partial charge in [-0.15, -0.1) is 0 Å². The van der Waals surface area contributed by atoms with Gasteiger partial charge < -0.3 is 10.5 Å². The molecule has 148 valence electrons. The van der Waals surface area contributed by atoms with Crippen molar-refractivity contribution in [2.24, 2.45) is 10.7 Å². The topological polar surface area (TPSA) is 93.8 Å². The van der Waals surface area contributed by atoms with E-state index in [4.69, 9.17) is 10.5 Å². The summed E-state index contributed by atoms with van der Waals surface area (Å²) < 4.78 is 34.8. The number of amidine groups is 1. The molecule has 1 spiro atoms. The van der Waals surface area contributed by atoms with E-state index in [1.807, 2.05) is 36.4 Å². The van der Waals surface area contributed by atoms with E-state index in [1.165, 1.54) is 11.8 Å². The molecular weight excluding hydrogens is 406 g/mol. The van der Waals surface area contributed by atoms with Crippen molar-refractivity contribution < 1.29 is 13.2 Å². The predicted molar refractivity (Wildman–Crippen MR) is 117 cm³/mol. The van der Waals surface area contributed by atoms with Crippen molar-refractivity contribution in [2.75, 3.05) is 17.1 Å². The fraction of sp³-hybridized carbons (Fsp3) is 0.190. The van der Waals surface area contributed by atoms with Crippen molar-refractivity contribution in [3.05, 3.63) is 66.2 Å². The van der Waals surface area contributed by atoms with Gasteiger partial charge in [-0.05, 0) is 29.7 Å². The second-order valence-corrected chi connectivity index (χ2v) is 9.81. The van der Waals surface area contributed by atoms with E-state index < -0.39 is 15.6 Å². The van der Waals surface area contributed by atoms with Crippen molar-refractivity contribution in [2.45, 2.75) is 16.9 Å². The zero-order valence-corrected chi connectivity index (χ0v) is 17.1. The first-order chi connectivity index (χ1) is 14.0. The van der Waals surface area contributed by atoms with Gasteiger partial charge in [0, 0.05) is 28.8 Å². The van der Waals surface area contributed by atoms with E-state index >= 15 is 0 Å². The molecule has 0 radical (unpaired) electrons. The van der Waals surface area contributed by atoms with E-state index in [0.29, 0.717) is 29.3 Å². The Morgan fingerprint density at radius 1 is 1.10 bits per heavy atom. The van der Waals surface area contributed by atoms with Crippen molar-refractivity contribution in [1.29, 1.82) is 0 Å². The Morgan fingerprint density at radius 2 is 1.93 bits per heavy atom. The summed E-state index contributed by atoms with van der Waals surface area (Å²) >= 11 is 1.52. The first kappa shape index (κ1) is 18.3. The molecule has 0 saturated heterocycles. The Morgan fingerprint density at radius 3 is 2.76 bits per heavy atom. The van der Waals surface area contributed by atoms with Crippen LogP contribution in [0, 0.1) is 0 Å². The molecule has 1 atom stereocenters. The van der Waals surface area contributed by atoms with Crippen LogP contribution in [0.3, 0.4) is 0 Å². The lowest BCUT2D eigenvalue weighted by molar-refractivity contribution is 0.232. The molecule has 0 fully saturated rings. The van der Waals surface area contributed by atoms with Crippen molar-refractivity contribution in [3.8, 4) is 5.75 Å². The Hall–Kier alpha value is -2.71. The van der Waals surface area contributed by atoms with Gasteiger partial charge in [-0.25, -0.2) is 8.42 Å². The quantitative estimate of drug-likeness (QED) is 0.668. The summed E-state index contributed by atoms with van der Waals surface area (Å²) in [5, 5.41) is 2.12. The van der Waals surface area contributed by atoms with Crippen LogP contribution in [0.1, 0.15) is 12.0 Å². The average Bonchev–Trinajstić information content (AvgIpc) is 3.09. The fourth-order valence-corrected chi connectivity index (χ4v) is 6.19. The summed E-state index contributed by atoms with van der Waals surface area (Å²) in [4.78, 5) is 4.91. The first-order valence-corrected chi connectivity index (χ1v) is 11.7. The number of ether oxygens (including phenoxy) is 1. The summed E-state index contributed by atoms with van der Waals surface area (Å²) in [5.74, 6) is 1.46. The highest BCUT2D eigenvalue weighted by atomic mass is 32.2.